The van der Waals surface area contributed by atoms with Crippen molar-refractivity contribution in [3.05, 3.63) is 24.4 Å². The predicted molar refractivity (Wildman–Crippen MR) is 84.2 cm³/mol. The topological polar surface area (TPSA) is 74.3 Å². The van der Waals surface area contributed by atoms with Gasteiger partial charge in [0.25, 0.3) is 0 Å². The largest absolute Gasteiger partial charge is 0.314 e. The number of hydrogen-bond acceptors (Lipinski definition) is 4. The van der Waals surface area contributed by atoms with Crippen molar-refractivity contribution in [2.75, 3.05) is 24.4 Å². The Balaban J connectivity index is 1.96. The molecule has 0 amide bonds. The summed E-state index contributed by atoms with van der Waals surface area (Å²) in [6.07, 6.45) is 3.53. The van der Waals surface area contributed by atoms with Crippen molar-refractivity contribution in [1.29, 1.82) is 0 Å². The molecular formula is C14H24N4O2S. The molecule has 0 saturated carbocycles. The van der Waals surface area contributed by atoms with E-state index in [4.69, 9.17) is 0 Å². The van der Waals surface area contributed by atoms with Crippen LogP contribution in [0.4, 0.5) is 5.82 Å². The van der Waals surface area contributed by atoms with Crippen molar-refractivity contribution in [2.45, 2.75) is 32.7 Å². The van der Waals surface area contributed by atoms with Crippen LogP contribution in [0.3, 0.4) is 0 Å². The fourth-order valence-corrected chi connectivity index (χ4v) is 3.72. The smallest absolute Gasteiger partial charge is 0.302 e. The van der Waals surface area contributed by atoms with E-state index in [2.05, 4.69) is 28.9 Å². The maximum Gasteiger partial charge on any atom is 0.302 e. The summed E-state index contributed by atoms with van der Waals surface area (Å²) in [6.45, 7) is 6.18. The molecule has 0 radical (unpaired) electrons. The summed E-state index contributed by atoms with van der Waals surface area (Å²) < 4.78 is 28.9. The second-order valence-electron chi connectivity index (χ2n) is 5.75. The van der Waals surface area contributed by atoms with Crippen LogP contribution in [0.2, 0.25) is 0 Å². The van der Waals surface area contributed by atoms with Crippen molar-refractivity contribution in [2.24, 2.45) is 5.92 Å². The van der Waals surface area contributed by atoms with E-state index in [1.165, 1.54) is 4.31 Å². The molecule has 2 heterocycles. The number of anilines is 1. The maximum atomic E-state index is 12.4. The molecule has 7 heteroatoms. The number of piperidine rings is 1. The van der Waals surface area contributed by atoms with Gasteiger partial charge in [-0.15, -0.1) is 0 Å². The fourth-order valence-electron chi connectivity index (χ4n) is 2.43. The lowest BCUT2D eigenvalue weighted by Crippen LogP contribution is -2.45. The Hall–Kier alpha value is -1.18. The molecule has 1 aliphatic heterocycles. The average Bonchev–Trinajstić information content (AvgIpc) is 2.46. The number of pyridine rings is 1. The summed E-state index contributed by atoms with van der Waals surface area (Å²) in [5.41, 5.74) is 0. The van der Waals surface area contributed by atoms with E-state index in [9.17, 15) is 8.42 Å². The van der Waals surface area contributed by atoms with Crippen LogP contribution in [0.15, 0.2) is 24.4 Å². The highest BCUT2D eigenvalue weighted by atomic mass is 32.2. The van der Waals surface area contributed by atoms with E-state index >= 15 is 0 Å². The second kappa shape index (κ2) is 7.20. The summed E-state index contributed by atoms with van der Waals surface area (Å²) in [5, 5.41) is 3.38. The molecule has 2 N–H and O–H groups in total. The molecule has 2 rings (SSSR count). The molecule has 1 unspecified atom stereocenters. The van der Waals surface area contributed by atoms with Crippen LogP contribution in [-0.2, 0) is 10.2 Å². The minimum absolute atomic E-state index is 0.361. The quantitative estimate of drug-likeness (QED) is 0.834. The molecule has 1 aliphatic rings. The van der Waals surface area contributed by atoms with Gasteiger partial charge >= 0.3 is 10.2 Å². The fraction of sp³-hybridized carbons (Fsp3) is 0.643. The minimum Gasteiger partial charge on any atom is -0.314 e. The van der Waals surface area contributed by atoms with E-state index in [-0.39, 0.29) is 0 Å². The Morgan fingerprint density at radius 1 is 1.43 bits per heavy atom. The SMILES string of the molecule is CC(C)NCC1CCCN(S(=O)(=O)Nc2ccccn2)C1. The molecule has 0 bridgehead atoms. The van der Waals surface area contributed by atoms with E-state index < -0.39 is 10.2 Å². The molecule has 6 nitrogen and oxygen atoms in total. The zero-order valence-electron chi connectivity index (χ0n) is 12.6. The molecule has 0 spiro atoms. The average molecular weight is 312 g/mol. The number of nitrogens with one attached hydrogen (secondary N) is 2. The van der Waals surface area contributed by atoms with Crippen LogP contribution < -0.4 is 10.0 Å². The zero-order chi connectivity index (χ0) is 15.3. The zero-order valence-corrected chi connectivity index (χ0v) is 13.4. The van der Waals surface area contributed by atoms with Gasteiger partial charge in [-0.2, -0.15) is 12.7 Å². The van der Waals surface area contributed by atoms with Crippen LogP contribution in [0, 0.1) is 5.92 Å². The number of nitrogens with zero attached hydrogens (tertiary/aromatic N) is 2. The number of rotatable bonds is 6. The first-order valence-corrected chi connectivity index (χ1v) is 8.83. The summed E-state index contributed by atoms with van der Waals surface area (Å²) in [6, 6.07) is 5.59. The van der Waals surface area contributed by atoms with Gasteiger partial charge in [0.05, 0.1) is 0 Å². The van der Waals surface area contributed by atoms with Crippen LogP contribution in [-0.4, -0.2) is 43.4 Å². The Labute approximate surface area is 127 Å². The molecule has 1 aromatic rings. The molecule has 1 fully saturated rings. The monoisotopic (exact) mass is 312 g/mol. The highest BCUT2D eigenvalue weighted by molar-refractivity contribution is 7.90. The molecule has 1 aromatic heterocycles. The first-order chi connectivity index (χ1) is 9.97. The van der Waals surface area contributed by atoms with Crippen molar-refractivity contribution in [1.82, 2.24) is 14.6 Å². The van der Waals surface area contributed by atoms with Crippen LogP contribution >= 0.6 is 0 Å². The number of aromatic nitrogens is 1. The minimum atomic E-state index is -3.51. The van der Waals surface area contributed by atoms with Gasteiger partial charge in [-0.3, -0.25) is 4.72 Å². The molecule has 1 saturated heterocycles. The third-order valence-corrected chi connectivity index (χ3v) is 5.01. The maximum absolute atomic E-state index is 12.4. The summed E-state index contributed by atoms with van der Waals surface area (Å²) in [4.78, 5) is 4.01. The van der Waals surface area contributed by atoms with Gasteiger partial charge in [-0.05, 0) is 37.4 Å². The first kappa shape index (κ1) is 16.2. The molecule has 1 atom stereocenters. The third kappa shape index (κ3) is 4.94. The standard InChI is InChI=1S/C14H24N4O2S/c1-12(2)16-10-13-6-5-9-18(11-13)21(19,20)17-14-7-3-4-8-15-14/h3-4,7-8,12-13,16H,5-6,9-11H2,1-2H3,(H,15,17). The Bertz CT molecular complexity index is 533. The van der Waals surface area contributed by atoms with Gasteiger partial charge in [0.1, 0.15) is 5.82 Å². The molecule has 21 heavy (non-hydrogen) atoms. The van der Waals surface area contributed by atoms with Gasteiger partial charge in [-0.25, -0.2) is 4.98 Å². The highest BCUT2D eigenvalue weighted by Crippen LogP contribution is 2.19. The lowest BCUT2D eigenvalue weighted by Gasteiger charge is -2.32. The van der Waals surface area contributed by atoms with Gasteiger partial charge in [0, 0.05) is 25.3 Å². The van der Waals surface area contributed by atoms with Crippen molar-refractivity contribution in [3.63, 3.8) is 0 Å². The van der Waals surface area contributed by atoms with E-state index in [1.807, 2.05) is 0 Å². The normalized spacial score (nSPS) is 20.6. The Kier molecular flexibility index (Phi) is 5.55. The van der Waals surface area contributed by atoms with Crippen LogP contribution in [0.5, 0.6) is 0 Å². The highest BCUT2D eigenvalue weighted by Gasteiger charge is 2.29. The third-order valence-electron chi connectivity index (χ3n) is 3.53. The second-order valence-corrected chi connectivity index (χ2v) is 7.42. The Morgan fingerprint density at radius 2 is 2.24 bits per heavy atom. The summed E-state index contributed by atoms with van der Waals surface area (Å²) in [7, 11) is -3.51. The molecular weight excluding hydrogens is 288 g/mol. The van der Waals surface area contributed by atoms with E-state index in [0.717, 1.165) is 19.4 Å². The molecule has 118 valence electrons. The van der Waals surface area contributed by atoms with E-state index in [0.29, 0.717) is 30.9 Å². The predicted octanol–water partition coefficient (Wildman–Crippen LogP) is 1.45. The van der Waals surface area contributed by atoms with Crippen molar-refractivity contribution in [3.8, 4) is 0 Å². The van der Waals surface area contributed by atoms with Gasteiger partial charge < -0.3 is 5.32 Å². The lowest BCUT2D eigenvalue weighted by molar-refractivity contribution is 0.257. The van der Waals surface area contributed by atoms with Gasteiger partial charge in [0.2, 0.25) is 0 Å². The van der Waals surface area contributed by atoms with Crippen molar-refractivity contribution < 1.29 is 8.42 Å². The molecule has 0 aliphatic carbocycles. The van der Waals surface area contributed by atoms with Crippen LogP contribution in [0.1, 0.15) is 26.7 Å². The van der Waals surface area contributed by atoms with Crippen LogP contribution in [0.25, 0.3) is 0 Å². The Morgan fingerprint density at radius 3 is 2.90 bits per heavy atom. The van der Waals surface area contributed by atoms with E-state index in [1.54, 1.807) is 24.4 Å². The molecule has 0 aromatic carbocycles. The van der Waals surface area contributed by atoms with Gasteiger partial charge in [0.15, 0.2) is 0 Å². The van der Waals surface area contributed by atoms with Crippen molar-refractivity contribution >= 4 is 16.0 Å². The lowest BCUT2D eigenvalue weighted by atomic mass is 9.99. The number of hydrogen-bond donors (Lipinski definition) is 2. The van der Waals surface area contributed by atoms with Gasteiger partial charge in [-0.1, -0.05) is 19.9 Å². The summed E-state index contributed by atoms with van der Waals surface area (Å²) >= 11 is 0. The first-order valence-electron chi connectivity index (χ1n) is 7.39. The summed E-state index contributed by atoms with van der Waals surface area (Å²) in [5.74, 6) is 0.724.